The van der Waals surface area contributed by atoms with Crippen LogP contribution in [0, 0.1) is 5.92 Å². The molecule has 1 aromatic heterocycles. The monoisotopic (exact) mass is 398 g/mol. The van der Waals surface area contributed by atoms with E-state index in [1.54, 1.807) is 6.92 Å². The molecule has 5 rings (SSSR count). The van der Waals surface area contributed by atoms with Crippen LogP contribution in [0.1, 0.15) is 56.2 Å². The van der Waals surface area contributed by atoms with Gasteiger partial charge in [-0.2, -0.15) is 0 Å². The predicted octanol–water partition coefficient (Wildman–Crippen LogP) is 1.87. The van der Waals surface area contributed by atoms with E-state index in [0.717, 1.165) is 70.8 Å². The molecule has 2 bridgehead atoms. The molecular weight excluding hydrogens is 364 g/mol. The van der Waals surface area contributed by atoms with Crippen LogP contribution in [0.4, 0.5) is 0 Å². The average molecular weight is 399 g/mol. The van der Waals surface area contributed by atoms with Crippen LogP contribution in [-0.2, 0) is 17.9 Å². The van der Waals surface area contributed by atoms with E-state index in [4.69, 9.17) is 0 Å². The topological polar surface area (TPSA) is 48.8 Å². The molecule has 0 aromatic carbocycles. The van der Waals surface area contributed by atoms with E-state index < -0.39 is 0 Å². The minimum atomic E-state index is 0.206. The van der Waals surface area contributed by atoms with Crippen molar-refractivity contribution in [3.05, 3.63) is 33.7 Å². The van der Waals surface area contributed by atoms with Crippen molar-refractivity contribution in [1.29, 1.82) is 0 Å². The number of carbonyl (C=O) groups is 1. The van der Waals surface area contributed by atoms with E-state index >= 15 is 0 Å². The smallest absolute Gasteiger partial charge is 0.255 e. The highest BCUT2D eigenvalue weighted by Gasteiger charge is 2.38. The van der Waals surface area contributed by atoms with Gasteiger partial charge in [0.2, 0.25) is 5.91 Å². The fourth-order valence-electron chi connectivity index (χ4n) is 6.17. The summed E-state index contributed by atoms with van der Waals surface area (Å²) >= 11 is 0. The Labute approximate surface area is 173 Å². The maximum Gasteiger partial charge on any atom is 0.255 e. The zero-order chi connectivity index (χ0) is 20.0. The number of fused-ring (bicyclic) bond motifs is 4. The molecule has 0 saturated carbocycles. The van der Waals surface area contributed by atoms with Gasteiger partial charge in [0.05, 0.1) is 0 Å². The first-order valence-corrected chi connectivity index (χ1v) is 11.5. The van der Waals surface area contributed by atoms with E-state index in [0.29, 0.717) is 17.9 Å². The lowest BCUT2D eigenvalue weighted by atomic mass is 9.81. The molecule has 1 amide bonds. The van der Waals surface area contributed by atoms with E-state index in [2.05, 4.69) is 26.5 Å². The molecule has 29 heavy (non-hydrogen) atoms. The Balaban J connectivity index is 1.30. The molecule has 5 heterocycles. The van der Waals surface area contributed by atoms with Crippen LogP contribution in [0.5, 0.6) is 0 Å². The van der Waals surface area contributed by atoms with Gasteiger partial charge in [0.1, 0.15) is 0 Å². The lowest BCUT2D eigenvalue weighted by Gasteiger charge is -2.47. The first-order valence-electron chi connectivity index (χ1n) is 11.5. The SMILES string of the molecule is CC(=O)N1CCC(N2C[C@@H]3C[C@H](C2)c2ccc(CN4CCCC4)c(=O)n2C3)CC1. The van der Waals surface area contributed by atoms with Crippen LogP contribution in [0.15, 0.2) is 16.9 Å². The second kappa shape index (κ2) is 7.88. The van der Waals surface area contributed by atoms with Crippen molar-refractivity contribution in [2.75, 3.05) is 39.3 Å². The lowest BCUT2D eigenvalue weighted by molar-refractivity contribution is -0.130. The molecule has 0 radical (unpaired) electrons. The number of pyridine rings is 1. The number of aromatic nitrogens is 1. The summed E-state index contributed by atoms with van der Waals surface area (Å²) in [5.74, 6) is 1.26. The Morgan fingerprint density at radius 3 is 2.52 bits per heavy atom. The van der Waals surface area contributed by atoms with Crippen LogP contribution >= 0.6 is 0 Å². The summed E-state index contributed by atoms with van der Waals surface area (Å²) in [7, 11) is 0. The zero-order valence-corrected chi connectivity index (χ0v) is 17.7. The van der Waals surface area contributed by atoms with Crippen LogP contribution in [0.2, 0.25) is 0 Å². The molecule has 4 aliphatic rings. The fraction of sp³-hybridized carbons (Fsp3) is 0.739. The van der Waals surface area contributed by atoms with Crippen LogP contribution in [-0.4, -0.2) is 70.5 Å². The minimum absolute atomic E-state index is 0.206. The molecule has 6 heteroatoms. The maximum atomic E-state index is 13.2. The first-order chi connectivity index (χ1) is 14.1. The van der Waals surface area contributed by atoms with Gasteiger partial charge in [0, 0.05) is 69.4 Å². The maximum absolute atomic E-state index is 13.2. The summed E-state index contributed by atoms with van der Waals surface area (Å²) in [5.41, 5.74) is 2.48. The highest BCUT2D eigenvalue weighted by atomic mass is 16.2. The van der Waals surface area contributed by atoms with E-state index in [-0.39, 0.29) is 11.5 Å². The number of likely N-dealkylation sites (tertiary alicyclic amines) is 3. The van der Waals surface area contributed by atoms with Crippen molar-refractivity contribution in [2.45, 2.75) is 64.1 Å². The second-order valence-corrected chi connectivity index (χ2v) is 9.67. The van der Waals surface area contributed by atoms with Gasteiger partial charge in [-0.3, -0.25) is 19.4 Å². The summed E-state index contributed by atoms with van der Waals surface area (Å²) in [6, 6.07) is 4.94. The number of nitrogens with zero attached hydrogens (tertiary/aromatic N) is 4. The highest BCUT2D eigenvalue weighted by Crippen LogP contribution is 2.37. The third-order valence-electron chi connectivity index (χ3n) is 7.73. The Morgan fingerprint density at radius 2 is 1.79 bits per heavy atom. The lowest BCUT2D eigenvalue weighted by Crippen LogP contribution is -2.53. The predicted molar refractivity (Wildman–Crippen MR) is 113 cm³/mol. The van der Waals surface area contributed by atoms with Gasteiger partial charge >= 0.3 is 0 Å². The molecule has 4 aliphatic heterocycles. The van der Waals surface area contributed by atoms with Gasteiger partial charge in [-0.05, 0) is 57.2 Å². The number of hydrogen-bond donors (Lipinski definition) is 0. The molecular formula is C23H34N4O2. The molecule has 0 aliphatic carbocycles. The van der Waals surface area contributed by atoms with Gasteiger partial charge in [-0.15, -0.1) is 0 Å². The van der Waals surface area contributed by atoms with Gasteiger partial charge in [-0.1, -0.05) is 6.07 Å². The summed E-state index contributed by atoms with van der Waals surface area (Å²) in [6.45, 7) is 9.57. The Hall–Kier alpha value is -1.66. The Kier molecular flexibility index (Phi) is 5.25. The Bertz CT molecular complexity index is 821. The molecule has 0 N–H and O–H groups in total. The molecule has 1 aromatic rings. The summed E-state index contributed by atoms with van der Waals surface area (Å²) in [6.07, 6.45) is 5.91. The summed E-state index contributed by atoms with van der Waals surface area (Å²) < 4.78 is 2.11. The number of carbonyl (C=O) groups excluding carboxylic acids is 1. The van der Waals surface area contributed by atoms with Crippen molar-refractivity contribution in [2.24, 2.45) is 5.92 Å². The van der Waals surface area contributed by atoms with Gasteiger partial charge in [0.25, 0.3) is 5.56 Å². The number of amides is 1. The minimum Gasteiger partial charge on any atom is -0.343 e. The van der Waals surface area contributed by atoms with Crippen molar-refractivity contribution in [1.82, 2.24) is 19.3 Å². The quantitative estimate of drug-likeness (QED) is 0.780. The van der Waals surface area contributed by atoms with Gasteiger partial charge in [0.15, 0.2) is 0 Å². The standard InChI is InChI=1S/C23H34N4O2/c1-17(28)25-10-6-21(7-11-25)26-13-18-12-20(16-26)22-5-4-19(23(29)27(22)14-18)15-24-8-2-3-9-24/h4-5,18,20-21H,2-3,6-16H2,1H3/t18-,20+/m0/s1. The second-order valence-electron chi connectivity index (χ2n) is 9.67. The van der Waals surface area contributed by atoms with Crippen LogP contribution < -0.4 is 5.56 Å². The average Bonchev–Trinajstić information content (AvgIpc) is 3.23. The summed E-state index contributed by atoms with van der Waals surface area (Å²) in [4.78, 5) is 31.9. The number of hydrogen-bond acceptors (Lipinski definition) is 4. The summed E-state index contributed by atoms with van der Waals surface area (Å²) in [5, 5.41) is 0. The van der Waals surface area contributed by atoms with Crippen molar-refractivity contribution < 1.29 is 4.79 Å². The zero-order valence-electron chi connectivity index (χ0n) is 17.7. The largest absolute Gasteiger partial charge is 0.343 e. The molecule has 6 nitrogen and oxygen atoms in total. The molecule has 0 unspecified atom stereocenters. The third kappa shape index (κ3) is 3.77. The van der Waals surface area contributed by atoms with Crippen molar-refractivity contribution in [3.8, 4) is 0 Å². The number of piperidine rings is 2. The molecule has 0 spiro atoms. The molecule has 3 saturated heterocycles. The van der Waals surface area contributed by atoms with E-state index in [1.807, 2.05) is 4.90 Å². The molecule has 2 atom stereocenters. The van der Waals surface area contributed by atoms with Crippen molar-refractivity contribution >= 4 is 5.91 Å². The highest BCUT2D eigenvalue weighted by molar-refractivity contribution is 5.73. The van der Waals surface area contributed by atoms with Gasteiger partial charge in [-0.25, -0.2) is 0 Å². The van der Waals surface area contributed by atoms with E-state index in [1.165, 1.54) is 25.0 Å². The van der Waals surface area contributed by atoms with E-state index in [9.17, 15) is 9.59 Å². The first kappa shape index (κ1) is 19.3. The Morgan fingerprint density at radius 1 is 1.03 bits per heavy atom. The van der Waals surface area contributed by atoms with Crippen LogP contribution in [0.25, 0.3) is 0 Å². The third-order valence-corrected chi connectivity index (χ3v) is 7.73. The number of rotatable bonds is 3. The van der Waals surface area contributed by atoms with Gasteiger partial charge < -0.3 is 9.47 Å². The molecule has 158 valence electrons. The normalized spacial score (nSPS) is 28.5. The fourth-order valence-corrected chi connectivity index (χ4v) is 6.17. The van der Waals surface area contributed by atoms with Crippen LogP contribution in [0.3, 0.4) is 0 Å². The molecule has 3 fully saturated rings. The van der Waals surface area contributed by atoms with Crippen molar-refractivity contribution in [3.63, 3.8) is 0 Å².